The van der Waals surface area contributed by atoms with Crippen LogP contribution in [0.15, 0.2) is 24.3 Å². The molecular formula is C13H18FNO2. The summed E-state index contributed by atoms with van der Waals surface area (Å²) in [5.41, 5.74) is 0.680. The SMILES string of the molecule is OC(CNCC(O)C1CC1)c1ccc(F)cc1. The van der Waals surface area contributed by atoms with Gasteiger partial charge in [-0.3, -0.25) is 0 Å². The predicted molar refractivity (Wildman–Crippen MR) is 63.0 cm³/mol. The summed E-state index contributed by atoms with van der Waals surface area (Å²) in [6.45, 7) is 0.873. The van der Waals surface area contributed by atoms with Crippen molar-refractivity contribution in [3.8, 4) is 0 Å². The van der Waals surface area contributed by atoms with Crippen LogP contribution in [0.3, 0.4) is 0 Å². The first kappa shape index (κ1) is 12.5. The van der Waals surface area contributed by atoms with E-state index >= 15 is 0 Å². The monoisotopic (exact) mass is 239 g/mol. The average molecular weight is 239 g/mol. The third-order valence-corrected chi connectivity index (χ3v) is 3.11. The van der Waals surface area contributed by atoms with Gasteiger partial charge >= 0.3 is 0 Å². The maximum Gasteiger partial charge on any atom is 0.123 e. The van der Waals surface area contributed by atoms with Gasteiger partial charge in [-0.25, -0.2) is 4.39 Å². The van der Waals surface area contributed by atoms with Crippen molar-refractivity contribution < 1.29 is 14.6 Å². The highest BCUT2D eigenvalue weighted by atomic mass is 19.1. The van der Waals surface area contributed by atoms with Crippen LogP contribution in [-0.2, 0) is 0 Å². The fraction of sp³-hybridized carbons (Fsp3) is 0.538. The molecule has 1 aliphatic rings. The fourth-order valence-electron chi connectivity index (χ4n) is 1.82. The van der Waals surface area contributed by atoms with E-state index in [1.54, 1.807) is 12.1 Å². The third-order valence-electron chi connectivity index (χ3n) is 3.11. The van der Waals surface area contributed by atoms with E-state index in [9.17, 15) is 14.6 Å². The number of hydrogen-bond acceptors (Lipinski definition) is 3. The molecule has 1 saturated carbocycles. The lowest BCUT2D eigenvalue weighted by Crippen LogP contribution is -2.31. The quantitative estimate of drug-likeness (QED) is 0.699. The van der Waals surface area contributed by atoms with Gasteiger partial charge in [0.25, 0.3) is 0 Å². The molecule has 2 rings (SSSR count). The van der Waals surface area contributed by atoms with Crippen LogP contribution in [0.4, 0.5) is 4.39 Å². The molecule has 2 atom stereocenters. The van der Waals surface area contributed by atoms with Crippen LogP contribution in [0.25, 0.3) is 0 Å². The summed E-state index contributed by atoms with van der Waals surface area (Å²) in [5.74, 6) is 0.128. The first-order chi connectivity index (χ1) is 8.16. The maximum atomic E-state index is 12.7. The van der Waals surface area contributed by atoms with Crippen LogP contribution in [0.1, 0.15) is 24.5 Å². The van der Waals surface area contributed by atoms with Crippen LogP contribution < -0.4 is 5.32 Å². The van der Waals surface area contributed by atoms with Crippen LogP contribution >= 0.6 is 0 Å². The summed E-state index contributed by atoms with van der Waals surface area (Å²) in [5, 5.41) is 22.5. The second-order valence-electron chi connectivity index (χ2n) is 4.63. The molecule has 1 aliphatic carbocycles. The molecule has 2 unspecified atom stereocenters. The van der Waals surface area contributed by atoms with Gasteiger partial charge in [0.05, 0.1) is 12.2 Å². The summed E-state index contributed by atoms with van der Waals surface area (Å²) in [6, 6.07) is 5.80. The number of aliphatic hydroxyl groups excluding tert-OH is 2. The molecule has 0 radical (unpaired) electrons. The minimum Gasteiger partial charge on any atom is -0.392 e. The first-order valence-electron chi connectivity index (χ1n) is 5.99. The van der Waals surface area contributed by atoms with Crippen LogP contribution in [-0.4, -0.2) is 29.4 Å². The van der Waals surface area contributed by atoms with Crippen molar-refractivity contribution in [2.24, 2.45) is 5.92 Å². The number of nitrogens with one attached hydrogen (secondary N) is 1. The molecule has 0 aromatic heterocycles. The van der Waals surface area contributed by atoms with Crippen molar-refractivity contribution in [2.75, 3.05) is 13.1 Å². The zero-order valence-corrected chi connectivity index (χ0v) is 9.64. The third kappa shape index (κ3) is 3.77. The molecule has 0 bridgehead atoms. The Hall–Kier alpha value is -0.970. The number of benzene rings is 1. The molecule has 1 aromatic rings. The molecule has 17 heavy (non-hydrogen) atoms. The topological polar surface area (TPSA) is 52.5 Å². The number of hydrogen-bond donors (Lipinski definition) is 3. The lowest BCUT2D eigenvalue weighted by Gasteiger charge is -2.14. The Morgan fingerprint density at radius 2 is 1.82 bits per heavy atom. The van der Waals surface area contributed by atoms with Crippen molar-refractivity contribution >= 4 is 0 Å². The zero-order valence-electron chi connectivity index (χ0n) is 9.64. The van der Waals surface area contributed by atoms with Gasteiger partial charge in [-0.2, -0.15) is 0 Å². The average Bonchev–Trinajstić information content (AvgIpc) is 3.13. The van der Waals surface area contributed by atoms with E-state index in [0.29, 0.717) is 24.6 Å². The van der Waals surface area contributed by atoms with E-state index in [2.05, 4.69) is 5.32 Å². The van der Waals surface area contributed by atoms with Crippen molar-refractivity contribution in [1.82, 2.24) is 5.32 Å². The van der Waals surface area contributed by atoms with Gasteiger partial charge in [0.15, 0.2) is 0 Å². The fourth-order valence-corrected chi connectivity index (χ4v) is 1.82. The van der Waals surface area contributed by atoms with Crippen molar-refractivity contribution in [1.29, 1.82) is 0 Å². The minimum absolute atomic E-state index is 0.307. The summed E-state index contributed by atoms with van der Waals surface area (Å²) >= 11 is 0. The molecule has 4 heteroatoms. The van der Waals surface area contributed by atoms with Crippen LogP contribution in [0.2, 0.25) is 0 Å². The van der Waals surface area contributed by atoms with Gasteiger partial charge in [-0.1, -0.05) is 12.1 Å². The molecule has 1 aromatic carbocycles. The van der Waals surface area contributed by atoms with Crippen LogP contribution in [0, 0.1) is 11.7 Å². The molecule has 3 N–H and O–H groups in total. The second-order valence-corrected chi connectivity index (χ2v) is 4.63. The Balaban J connectivity index is 1.72. The molecule has 0 amide bonds. The van der Waals surface area contributed by atoms with Crippen LogP contribution in [0.5, 0.6) is 0 Å². The van der Waals surface area contributed by atoms with E-state index in [1.165, 1.54) is 12.1 Å². The van der Waals surface area contributed by atoms with E-state index in [1.807, 2.05) is 0 Å². The Bertz CT molecular complexity index is 351. The summed E-state index contributed by atoms with van der Waals surface area (Å²) in [4.78, 5) is 0. The first-order valence-corrected chi connectivity index (χ1v) is 5.99. The maximum absolute atomic E-state index is 12.7. The predicted octanol–water partition coefficient (Wildman–Crippen LogP) is 1.22. The molecule has 0 saturated heterocycles. The van der Waals surface area contributed by atoms with Crippen molar-refractivity contribution in [3.05, 3.63) is 35.6 Å². The molecule has 3 nitrogen and oxygen atoms in total. The Morgan fingerprint density at radius 1 is 1.18 bits per heavy atom. The summed E-state index contributed by atoms with van der Waals surface area (Å²) in [7, 11) is 0. The van der Waals surface area contributed by atoms with Gasteiger partial charge in [-0.05, 0) is 36.5 Å². The normalized spacial score (nSPS) is 19.0. The molecule has 94 valence electrons. The summed E-state index contributed by atoms with van der Waals surface area (Å²) in [6.07, 6.45) is 1.23. The highest BCUT2D eigenvalue weighted by molar-refractivity contribution is 5.18. The molecule has 0 aliphatic heterocycles. The molecular weight excluding hydrogens is 221 g/mol. The Morgan fingerprint density at radius 3 is 2.41 bits per heavy atom. The van der Waals surface area contributed by atoms with E-state index in [-0.39, 0.29) is 11.9 Å². The van der Waals surface area contributed by atoms with Gasteiger partial charge in [0, 0.05) is 13.1 Å². The van der Waals surface area contributed by atoms with Gasteiger partial charge < -0.3 is 15.5 Å². The lowest BCUT2D eigenvalue weighted by molar-refractivity contribution is 0.132. The highest BCUT2D eigenvalue weighted by Gasteiger charge is 2.29. The lowest BCUT2D eigenvalue weighted by atomic mass is 10.1. The van der Waals surface area contributed by atoms with Gasteiger partial charge in [0.1, 0.15) is 5.82 Å². The summed E-state index contributed by atoms with van der Waals surface area (Å²) < 4.78 is 12.7. The molecule has 1 fully saturated rings. The smallest absolute Gasteiger partial charge is 0.123 e. The van der Waals surface area contributed by atoms with Gasteiger partial charge in [-0.15, -0.1) is 0 Å². The van der Waals surface area contributed by atoms with E-state index in [4.69, 9.17) is 0 Å². The van der Waals surface area contributed by atoms with E-state index < -0.39 is 6.10 Å². The molecule has 0 spiro atoms. The minimum atomic E-state index is -0.665. The largest absolute Gasteiger partial charge is 0.392 e. The molecule has 0 heterocycles. The van der Waals surface area contributed by atoms with Gasteiger partial charge in [0.2, 0.25) is 0 Å². The standard InChI is InChI=1S/C13H18FNO2/c14-11-5-3-10(4-6-11)13(17)8-15-7-12(16)9-1-2-9/h3-6,9,12-13,15-17H,1-2,7-8H2. The van der Waals surface area contributed by atoms with Crippen molar-refractivity contribution in [3.63, 3.8) is 0 Å². The zero-order chi connectivity index (χ0) is 12.3. The Labute approximate surface area is 100 Å². The number of halogens is 1. The second kappa shape index (κ2) is 5.58. The number of aliphatic hydroxyl groups is 2. The highest BCUT2D eigenvalue weighted by Crippen LogP contribution is 2.32. The van der Waals surface area contributed by atoms with E-state index in [0.717, 1.165) is 12.8 Å². The van der Waals surface area contributed by atoms with Crippen molar-refractivity contribution in [2.45, 2.75) is 25.0 Å². The Kier molecular flexibility index (Phi) is 4.10. The number of rotatable bonds is 6.